The number of allylic oxidation sites excluding steroid dienone is 1. The second-order valence-corrected chi connectivity index (χ2v) is 7.36. The third-order valence-electron chi connectivity index (χ3n) is 5.01. The second kappa shape index (κ2) is 6.64. The number of esters is 2. The molecule has 0 saturated carbocycles. The molecule has 1 aliphatic carbocycles. The Hall–Kier alpha value is -2.14. The van der Waals surface area contributed by atoms with Gasteiger partial charge in [0.2, 0.25) is 0 Å². The molecule has 2 aliphatic heterocycles. The molecule has 0 radical (unpaired) electrons. The Bertz CT molecular complexity index is 695. The van der Waals surface area contributed by atoms with E-state index in [0.29, 0.717) is 36.8 Å². The summed E-state index contributed by atoms with van der Waals surface area (Å²) in [5, 5.41) is 10.6. The normalized spacial score (nSPS) is 39.5. The van der Waals surface area contributed by atoms with Gasteiger partial charge in [0.15, 0.2) is 0 Å². The minimum atomic E-state index is -1.03. The minimum Gasteiger partial charge on any atom is -0.454 e. The van der Waals surface area contributed by atoms with E-state index in [9.17, 15) is 14.7 Å². The first-order chi connectivity index (χ1) is 11.7. The standard InChI is InChI=1S/C20H24O5/c1-12-9-15-11-14(19(22)24-15)5-4-7-20(3,23)8-6-16-13(2)18(21)25-17(16)10-12/h4,7,10-11,15-17,23H,2,5-6,8-9H2,1,3H3/b7-4-,12-10-/t15-,16+,17+,20-/m1/s1. The van der Waals surface area contributed by atoms with Crippen molar-refractivity contribution in [1.82, 2.24) is 0 Å². The molecule has 1 fully saturated rings. The number of carbonyl (C=O) groups excluding carboxylic acids is 2. The van der Waals surface area contributed by atoms with E-state index in [2.05, 4.69) is 6.58 Å². The third kappa shape index (κ3) is 3.93. The van der Waals surface area contributed by atoms with Gasteiger partial charge in [-0.15, -0.1) is 0 Å². The first-order valence-electron chi connectivity index (χ1n) is 8.64. The third-order valence-corrected chi connectivity index (χ3v) is 5.01. The number of hydrogen-bond donors (Lipinski definition) is 1. The van der Waals surface area contributed by atoms with Crippen LogP contribution in [0.1, 0.15) is 39.5 Å². The fourth-order valence-electron chi connectivity index (χ4n) is 3.55. The van der Waals surface area contributed by atoms with Crippen LogP contribution in [-0.2, 0) is 19.1 Å². The summed E-state index contributed by atoms with van der Waals surface area (Å²) in [4.78, 5) is 23.9. The van der Waals surface area contributed by atoms with Gasteiger partial charge in [0, 0.05) is 23.5 Å². The summed E-state index contributed by atoms with van der Waals surface area (Å²) in [6.45, 7) is 7.52. The Morgan fingerprint density at radius 3 is 2.76 bits per heavy atom. The number of carbonyl (C=O) groups is 2. The molecule has 5 heteroatoms. The van der Waals surface area contributed by atoms with E-state index in [4.69, 9.17) is 9.47 Å². The van der Waals surface area contributed by atoms with E-state index in [1.165, 1.54) is 0 Å². The van der Waals surface area contributed by atoms with Crippen LogP contribution in [-0.4, -0.2) is 34.9 Å². The topological polar surface area (TPSA) is 72.8 Å². The molecule has 134 valence electrons. The number of hydrogen-bond acceptors (Lipinski definition) is 5. The highest BCUT2D eigenvalue weighted by atomic mass is 16.6. The largest absolute Gasteiger partial charge is 0.454 e. The predicted molar refractivity (Wildman–Crippen MR) is 92.5 cm³/mol. The van der Waals surface area contributed by atoms with Crippen molar-refractivity contribution in [2.75, 3.05) is 0 Å². The van der Waals surface area contributed by atoms with Crippen LogP contribution in [0.2, 0.25) is 0 Å². The molecule has 2 heterocycles. The van der Waals surface area contributed by atoms with Gasteiger partial charge in [0.1, 0.15) is 12.2 Å². The molecule has 2 bridgehead atoms. The lowest BCUT2D eigenvalue weighted by Gasteiger charge is -2.23. The molecular weight excluding hydrogens is 320 g/mol. The highest BCUT2D eigenvalue weighted by Crippen LogP contribution is 2.35. The van der Waals surface area contributed by atoms with Gasteiger partial charge in [0.05, 0.1) is 5.60 Å². The van der Waals surface area contributed by atoms with Crippen LogP contribution in [0.3, 0.4) is 0 Å². The van der Waals surface area contributed by atoms with E-state index in [-0.39, 0.29) is 30.1 Å². The number of fused-ring (bicyclic) bond motifs is 2. The molecular formula is C20H24O5. The van der Waals surface area contributed by atoms with Crippen LogP contribution in [0.25, 0.3) is 0 Å². The lowest BCUT2D eigenvalue weighted by molar-refractivity contribution is -0.139. The Kier molecular flexibility index (Phi) is 4.69. The smallest absolute Gasteiger partial charge is 0.334 e. The van der Waals surface area contributed by atoms with Crippen LogP contribution in [0.15, 0.2) is 47.6 Å². The predicted octanol–water partition coefficient (Wildman–Crippen LogP) is 2.76. The van der Waals surface area contributed by atoms with Crippen molar-refractivity contribution in [3.05, 3.63) is 47.6 Å². The first-order valence-corrected chi connectivity index (χ1v) is 8.64. The van der Waals surface area contributed by atoms with E-state index >= 15 is 0 Å². The fourth-order valence-corrected chi connectivity index (χ4v) is 3.55. The molecule has 0 aromatic rings. The number of ether oxygens (including phenoxy) is 2. The zero-order valence-electron chi connectivity index (χ0n) is 14.7. The highest BCUT2D eigenvalue weighted by molar-refractivity contribution is 5.91. The van der Waals surface area contributed by atoms with Crippen LogP contribution >= 0.6 is 0 Å². The molecule has 0 amide bonds. The van der Waals surface area contributed by atoms with E-state index in [1.807, 2.05) is 19.1 Å². The zero-order chi connectivity index (χ0) is 18.2. The molecule has 1 N–H and O–H groups in total. The summed E-state index contributed by atoms with van der Waals surface area (Å²) in [6, 6.07) is 0. The molecule has 25 heavy (non-hydrogen) atoms. The van der Waals surface area contributed by atoms with E-state index in [0.717, 1.165) is 5.57 Å². The SMILES string of the molecule is C=C1C(=O)O[C@H]2/C=C(/C)C[C@@H]3C=C(C/C=C\[C@@](C)(O)CC[C@@H]12)C(=O)O3. The summed E-state index contributed by atoms with van der Waals surface area (Å²) < 4.78 is 10.8. The van der Waals surface area contributed by atoms with Crippen molar-refractivity contribution in [3.8, 4) is 0 Å². The van der Waals surface area contributed by atoms with Gasteiger partial charge in [-0.05, 0) is 45.3 Å². The monoisotopic (exact) mass is 344 g/mol. The van der Waals surface area contributed by atoms with Gasteiger partial charge in [0.25, 0.3) is 0 Å². The lowest BCUT2D eigenvalue weighted by atomic mass is 9.86. The lowest BCUT2D eigenvalue weighted by Crippen LogP contribution is -2.24. The summed E-state index contributed by atoms with van der Waals surface area (Å²) in [7, 11) is 0. The van der Waals surface area contributed by atoms with Crippen molar-refractivity contribution in [3.63, 3.8) is 0 Å². The van der Waals surface area contributed by atoms with Crippen molar-refractivity contribution in [1.29, 1.82) is 0 Å². The minimum absolute atomic E-state index is 0.150. The van der Waals surface area contributed by atoms with Gasteiger partial charge >= 0.3 is 11.9 Å². The second-order valence-electron chi connectivity index (χ2n) is 7.36. The molecule has 0 spiro atoms. The average Bonchev–Trinajstić information content (AvgIpc) is 2.97. The Balaban J connectivity index is 1.90. The van der Waals surface area contributed by atoms with Gasteiger partial charge in [-0.2, -0.15) is 0 Å². The van der Waals surface area contributed by atoms with Crippen molar-refractivity contribution >= 4 is 11.9 Å². The number of rotatable bonds is 0. The van der Waals surface area contributed by atoms with Crippen molar-refractivity contribution < 1.29 is 24.2 Å². The highest BCUT2D eigenvalue weighted by Gasteiger charge is 2.38. The van der Waals surface area contributed by atoms with E-state index in [1.54, 1.807) is 19.1 Å². The zero-order valence-corrected chi connectivity index (χ0v) is 14.7. The van der Waals surface area contributed by atoms with Gasteiger partial charge in [-0.1, -0.05) is 24.3 Å². The molecule has 3 rings (SSSR count). The van der Waals surface area contributed by atoms with Crippen LogP contribution < -0.4 is 0 Å². The molecule has 1 saturated heterocycles. The Morgan fingerprint density at radius 2 is 2.00 bits per heavy atom. The van der Waals surface area contributed by atoms with Crippen molar-refractivity contribution in [2.24, 2.45) is 5.92 Å². The fraction of sp³-hybridized carbons (Fsp3) is 0.500. The quantitative estimate of drug-likeness (QED) is 0.416. The molecule has 3 aliphatic rings. The Labute approximate surface area is 147 Å². The van der Waals surface area contributed by atoms with E-state index < -0.39 is 5.60 Å². The Morgan fingerprint density at radius 1 is 1.24 bits per heavy atom. The molecule has 0 aromatic carbocycles. The van der Waals surface area contributed by atoms with Crippen molar-refractivity contribution in [2.45, 2.75) is 57.3 Å². The van der Waals surface area contributed by atoms with Crippen LogP contribution in [0.5, 0.6) is 0 Å². The van der Waals surface area contributed by atoms with Gasteiger partial charge in [-0.25, -0.2) is 9.59 Å². The van der Waals surface area contributed by atoms with Gasteiger partial charge in [-0.3, -0.25) is 0 Å². The maximum Gasteiger partial charge on any atom is 0.334 e. The average molecular weight is 344 g/mol. The molecule has 5 nitrogen and oxygen atoms in total. The molecule has 0 aromatic heterocycles. The molecule has 0 unspecified atom stereocenters. The summed E-state index contributed by atoms with van der Waals surface area (Å²) in [5.74, 6) is -0.842. The molecule has 4 atom stereocenters. The summed E-state index contributed by atoms with van der Waals surface area (Å²) in [5.41, 5.74) is 1.03. The van der Waals surface area contributed by atoms with Crippen LogP contribution in [0.4, 0.5) is 0 Å². The maximum atomic E-state index is 11.9. The van der Waals surface area contributed by atoms with Gasteiger partial charge < -0.3 is 14.6 Å². The number of aliphatic hydroxyl groups is 1. The van der Waals surface area contributed by atoms with Crippen LogP contribution in [0, 0.1) is 5.92 Å². The maximum absolute atomic E-state index is 11.9. The first kappa shape index (κ1) is 17.7. The summed E-state index contributed by atoms with van der Waals surface area (Å²) >= 11 is 0. The summed E-state index contributed by atoms with van der Waals surface area (Å²) in [6.07, 6.45) is 8.65.